The van der Waals surface area contributed by atoms with Gasteiger partial charge in [0.1, 0.15) is 0 Å². The Labute approximate surface area is 133 Å². The van der Waals surface area contributed by atoms with Crippen molar-refractivity contribution < 1.29 is 4.79 Å². The summed E-state index contributed by atoms with van der Waals surface area (Å²) in [5, 5.41) is 9.07. The summed E-state index contributed by atoms with van der Waals surface area (Å²) in [6.45, 7) is 13.9. The lowest BCUT2D eigenvalue weighted by Crippen LogP contribution is -2.39. The second kappa shape index (κ2) is 11.1. The number of nitrogens with one attached hydrogen (secondary N) is 3. The Morgan fingerprint density at radius 2 is 1.89 bits per heavy atom. The fourth-order valence-corrected chi connectivity index (χ4v) is 1.11. The van der Waals surface area contributed by atoms with Gasteiger partial charge in [-0.3, -0.25) is 9.79 Å². The summed E-state index contributed by atoms with van der Waals surface area (Å²) >= 11 is 0. The molecule has 0 aromatic heterocycles. The number of carbonyl (C=O) groups is 1. The average molecular weight is 382 g/mol. The molecule has 0 atom stereocenters. The first-order chi connectivity index (χ1) is 8.41. The number of nitrogens with zero attached hydrogens (tertiary/aromatic N) is 1. The van der Waals surface area contributed by atoms with Crippen LogP contribution < -0.4 is 16.0 Å². The topological polar surface area (TPSA) is 65.5 Å². The van der Waals surface area contributed by atoms with Crippen LogP contribution in [0.4, 0.5) is 0 Å². The molecule has 3 N–H and O–H groups in total. The molecule has 0 aliphatic heterocycles. The standard InChI is InChI=1S/C13H26N4O.HI/c1-6-8-16-12(14-7-2)17-10-9-15-11(18)13(3,4)5;/h6H,1,7-10H2,2-5H3,(H,15,18)(H2,14,16,17);1H. The van der Waals surface area contributed by atoms with Crippen LogP contribution in [0.1, 0.15) is 27.7 Å². The van der Waals surface area contributed by atoms with Crippen molar-refractivity contribution in [3.8, 4) is 0 Å². The molecule has 0 rings (SSSR count). The highest BCUT2D eigenvalue weighted by atomic mass is 127. The minimum atomic E-state index is -0.352. The van der Waals surface area contributed by atoms with Crippen LogP contribution in [-0.2, 0) is 4.79 Å². The van der Waals surface area contributed by atoms with Gasteiger partial charge in [-0.05, 0) is 6.92 Å². The first kappa shape index (κ1) is 20.5. The van der Waals surface area contributed by atoms with Crippen LogP contribution in [0.5, 0.6) is 0 Å². The SMILES string of the molecule is C=CCNC(=NCCNC(=O)C(C)(C)C)NCC.I. The molecule has 0 heterocycles. The summed E-state index contributed by atoms with van der Waals surface area (Å²) in [6, 6.07) is 0. The Morgan fingerprint density at radius 3 is 2.37 bits per heavy atom. The van der Waals surface area contributed by atoms with Crippen LogP contribution in [0.2, 0.25) is 0 Å². The zero-order chi connectivity index (χ0) is 14.0. The van der Waals surface area contributed by atoms with Crippen LogP contribution in [0, 0.1) is 5.41 Å². The van der Waals surface area contributed by atoms with Crippen molar-refractivity contribution >= 4 is 35.8 Å². The fourth-order valence-electron chi connectivity index (χ4n) is 1.11. The van der Waals surface area contributed by atoms with E-state index < -0.39 is 0 Å². The Bertz CT molecular complexity index is 298. The largest absolute Gasteiger partial charge is 0.357 e. The summed E-state index contributed by atoms with van der Waals surface area (Å²) < 4.78 is 0. The van der Waals surface area contributed by atoms with Crippen molar-refractivity contribution in [2.24, 2.45) is 10.4 Å². The van der Waals surface area contributed by atoms with Crippen LogP contribution in [0.25, 0.3) is 0 Å². The lowest BCUT2D eigenvalue weighted by Gasteiger charge is -2.17. The van der Waals surface area contributed by atoms with E-state index in [1.165, 1.54) is 0 Å². The maximum atomic E-state index is 11.6. The van der Waals surface area contributed by atoms with E-state index in [-0.39, 0.29) is 35.3 Å². The molecule has 19 heavy (non-hydrogen) atoms. The van der Waals surface area contributed by atoms with E-state index in [1.54, 1.807) is 6.08 Å². The molecule has 0 fully saturated rings. The maximum Gasteiger partial charge on any atom is 0.225 e. The van der Waals surface area contributed by atoms with E-state index in [2.05, 4.69) is 27.5 Å². The zero-order valence-electron chi connectivity index (χ0n) is 12.4. The summed E-state index contributed by atoms with van der Waals surface area (Å²) in [5.74, 6) is 0.782. The van der Waals surface area contributed by atoms with Crippen LogP contribution in [-0.4, -0.2) is 38.0 Å². The molecule has 0 spiro atoms. The number of carbonyl (C=O) groups excluding carboxylic acids is 1. The van der Waals surface area contributed by atoms with E-state index >= 15 is 0 Å². The van der Waals surface area contributed by atoms with Crippen LogP contribution >= 0.6 is 24.0 Å². The molecule has 5 nitrogen and oxygen atoms in total. The second-order valence-corrected chi connectivity index (χ2v) is 4.94. The van der Waals surface area contributed by atoms with Gasteiger partial charge >= 0.3 is 0 Å². The average Bonchev–Trinajstić information content (AvgIpc) is 2.29. The van der Waals surface area contributed by atoms with Gasteiger partial charge in [-0.1, -0.05) is 26.8 Å². The third-order valence-electron chi connectivity index (χ3n) is 2.11. The molecule has 0 aromatic carbocycles. The van der Waals surface area contributed by atoms with E-state index in [1.807, 2.05) is 27.7 Å². The van der Waals surface area contributed by atoms with Gasteiger partial charge in [0.25, 0.3) is 0 Å². The van der Waals surface area contributed by atoms with E-state index in [0.717, 1.165) is 12.5 Å². The molecule has 0 saturated carbocycles. The second-order valence-electron chi connectivity index (χ2n) is 4.94. The molecule has 6 heteroatoms. The van der Waals surface area contributed by atoms with Gasteiger partial charge in [-0.15, -0.1) is 30.6 Å². The minimum absolute atomic E-state index is 0. The predicted molar refractivity (Wildman–Crippen MR) is 92.1 cm³/mol. The maximum absolute atomic E-state index is 11.6. The highest BCUT2D eigenvalue weighted by Crippen LogP contribution is 2.11. The number of hydrogen-bond donors (Lipinski definition) is 3. The third kappa shape index (κ3) is 10.8. The molecule has 0 aliphatic carbocycles. The molecule has 0 aromatic rings. The van der Waals surface area contributed by atoms with Crippen molar-refractivity contribution in [1.82, 2.24) is 16.0 Å². The van der Waals surface area contributed by atoms with Crippen molar-refractivity contribution in [2.45, 2.75) is 27.7 Å². The Balaban J connectivity index is 0. The summed E-state index contributed by atoms with van der Waals surface area (Å²) in [5.41, 5.74) is -0.352. The predicted octanol–water partition coefficient (Wildman–Crippen LogP) is 1.51. The van der Waals surface area contributed by atoms with Crippen molar-refractivity contribution in [2.75, 3.05) is 26.2 Å². The van der Waals surface area contributed by atoms with E-state index in [0.29, 0.717) is 19.6 Å². The minimum Gasteiger partial charge on any atom is -0.357 e. The van der Waals surface area contributed by atoms with Gasteiger partial charge in [-0.25, -0.2) is 0 Å². The van der Waals surface area contributed by atoms with Gasteiger partial charge in [0, 0.05) is 25.0 Å². The van der Waals surface area contributed by atoms with E-state index in [9.17, 15) is 4.79 Å². The highest BCUT2D eigenvalue weighted by Gasteiger charge is 2.19. The molecular formula is C13H27IN4O. The molecule has 0 unspecified atom stereocenters. The molecule has 112 valence electrons. The molecule has 0 bridgehead atoms. The fraction of sp³-hybridized carbons (Fsp3) is 0.692. The Hall–Kier alpha value is -0.790. The van der Waals surface area contributed by atoms with Gasteiger partial charge in [-0.2, -0.15) is 0 Å². The van der Waals surface area contributed by atoms with Gasteiger partial charge in [0.2, 0.25) is 5.91 Å². The lowest BCUT2D eigenvalue weighted by molar-refractivity contribution is -0.128. The number of guanidine groups is 1. The first-order valence-corrected chi connectivity index (χ1v) is 6.33. The Kier molecular flexibility index (Phi) is 12.0. The summed E-state index contributed by atoms with van der Waals surface area (Å²) in [6.07, 6.45) is 1.77. The molecule has 0 aliphatic rings. The molecule has 0 saturated heterocycles. The number of halogens is 1. The van der Waals surface area contributed by atoms with Crippen LogP contribution in [0.3, 0.4) is 0 Å². The monoisotopic (exact) mass is 382 g/mol. The number of hydrogen-bond acceptors (Lipinski definition) is 2. The molecule has 0 radical (unpaired) electrons. The summed E-state index contributed by atoms with van der Waals surface area (Å²) in [7, 11) is 0. The quantitative estimate of drug-likeness (QED) is 0.215. The van der Waals surface area contributed by atoms with Crippen molar-refractivity contribution in [1.29, 1.82) is 0 Å². The van der Waals surface area contributed by atoms with Gasteiger partial charge in [0.15, 0.2) is 5.96 Å². The van der Waals surface area contributed by atoms with Crippen molar-refractivity contribution in [3.63, 3.8) is 0 Å². The number of amides is 1. The normalized spacial score (nSPS) is 11.3. The number of rotatable bonds is 6. The van der Waals surface area contributed by atoms with Gasteiger partial charge in [0.05, 0.1) is 6.54 Å². The summed E-state index contributed by atoms with van der Waals surface area (Å²) in [4.78, 5) is 15.9. The molecule has 1 amide bonds. The number of aliphatic imine (C=N–C) groups is 1. The first-order valence-electron chi connectivity index (χ1n) is 6.33. The zero-order valence-corrected chi connectivity index (χ0v) is 14.7. The highest BCUT2D eigenvalue weighted by molar-refractivity contribution is 14.0. The smallest absolute Gasteiger partial charge is 0.225 e. The van der Waals surface area contributed by atoms with Crippen LogP contribution in [0.15, 0.2) is 17.6 Å². The lowest BCUT2D eigenvalue weighted by atomic mass is 9.96. The molecular weight excluding hydrogens is 355 g/mol. The Morgan fingerprint density at radius 1 is 1.26 bits per heavy atom. The van der Waals surface area contributed by atoms with Gasteiger partial charge < -0.3 is 16.0 Å². The van der Waals surface area contributed by atoms with E-state index in [4.69, 9.17) is 0 Å². The van der Waals surface area contributed by atoms with Crippen molar-refractivity contribution in [3.05, 3.63) is 12.7 Å². The third-order valence-corrected chi connectivity index (χ3v) is 2.11.